The maximum absolute atomic E-state index is 10.5. The third kappa shape index (κ3) is 6.28. The van der Waals surface area contributed by atoms with Crippen LogP contribution in [0.25, 0.3) is 0 Å². The fraction of sp³-hybridized carbons (Fsp3) is 0.417. The number of rotatable bonds is 8. The normalized spacial score (nSPS) is 12.1. The molecule has 0 aromatic heterocycles. The lowest BCUT2D eigenvalue weighted by molar-refractivity contribution is -0.138. The lowest BCUT2D eigenvalue weighted by Crippen LogP contribution is -2.30. The zero-order valence-electron chi connectivity index (χ0n) is 9.84. The van der Waals surface area contributed by atoms with Crippen molar-refractivity contribution in [2.45, 2.75) is 12.5 Å². The lowest BCUT2D eigenvalue weighted by Gasteiger charge is -2.07. The molecule has 0 radical (unpaired) electrons. The van der Waals surface area contributed by atoms with Gasteiger partial charge in [-0.3, -0.25) is 4.79 Å². The van der Waals surface area contributed by atoms with Gasteiger partial charge in [-0.05, 0) is 36.4 Å². The van der Waals surface area contributed by atoms with Gasteiger partial charge < -0.3 is 15.6 Å². The summed E-state index contributed by atoms with van der Waals surface area (Å²) in [4.78, 5) is 10.5. The first-order chi connectivity index (χ1) is 8.59. The van der Waals surface area contributed by atoms with Crippen molar-refractivity contribution in [3.05, 3.63) is 28.7 Å². The van der Waals surface area contributed by atoms with Gasteiger partial charge in [0.05, 0.1) is 6.61 Å². The molecule has 0 aliphatic rings. The molecule has 0 fully saturated rings. The molecule has 3 N–H and O–H groups in total. The van der Waals surface area contributed by atoms with E-state index >= 15 is 0 Å². The molecule has 0 spiro atoms. The Balaban J connectivity index is 2.05. The van der Waals surface area contributed by atoms with Gasteiger partial charge in [0.15, 0.2) is 0 Å². The Bertz CT molecular complexity index is 372. The zero-order chi connectivity index (χ0) is 13.4. The maximum atomic E-state index is 10.5. The highest BCUT2D eigenvalue weighted by atomic mass is 79.9. The first-order valence-corrected chi connectivity index (χ1v) is 7.49. The number of carboxylic acids is 1. The zero-order valence-corrected chi connectivity index (χ0v) is 12.2. The Morgan fingerprint density at radius 2 is 2.06 bits per heavy atom. The Morgan fingerprint density at radius 1 is 1.39 bits per heavy atom. The molecule has 1 unspecified atom stereocenters. The van der Waals surface area contributed by atoms with Crippen molar-refractivity contribution in [2.75, 3.05) is 18.1 Å². The van der Waals surface area contributed by atoms with Crippen LogP contribution in [0.3, 0.4) is 0 Å². The second-order valence-corrected chi connectivity index (χ2v) is 5.79. The lowest BCUT2D eigenvalue weighted by atomic mass is 10.2. The van der Waals surface area contributed by atoms with E-state index in [4.69, 9.17) is 15.6 Å². The number of thioether (sulfide) groups is 1. The minimum atomic E-state index is -0.943. The van der Waals surface area contributed by atoms with Crippen LogP contribution < -0.4 is 10.5 Å². The van der Waals surface area contributed by atoms with Gasteiger partial charge >= 0.3 is 5.97 Å². The summed E-state index contributed by atoms with van der Waals surface area (Å²) in [6, 6.07) is 6.89. The summed E-state index contributed by atoms with van der Waals surface area (Å²) in [5.74, 6) is 1.45. The predicted octanol–water partition coefficient (Wildman–Crippen LogP) is 2.36. The van der Waals surface area contributed by atoms with Crippen LogP contribution in [0.4, 0.5) is 0 Å². The van der Waals surface area contributed by atoms with Crippen LogP contribution in [0.5, 0.6) is 5.75 Å². The summed E-state index contributed by atoms with van der Waals surface area (Å²) in [5.41, 5.74) is 5.39. The Kier molecular flexibility index (Phi) is 7.15. The molecule has 0 amide bonds. The summed E-state index contributed by atoms with van der Waals surface area (Å²) >= 11 is 5.00. The highest BCUT2D eigenvalue weighted by molar-refractivity contribution is 9.10. The minimum absolute atomic E-state index is 0.484. The van der Waals surface area contributed by atoms with Gasteiger partial charge in [0.25, 0.3) is 0 Å². The summed E-state index contributed by atoms with van der Waals surface area (Å²) in [6.45, 7) is 0.606. The van der Waals surface area contributed by atoms with Crippen LogP contribution in [0.15, 0.2) is 28.7 Å². The van der Waals surface area contributed by atoms with Crippen molar-refractivity contribution >= 4 is 33.7 Å². The number of carboxylic acid groups (broad SMARTS) is 1. The van der Waals surface area contributed by atoms with Crippen molar-refractivity contribution in [3.8, 4) is 5.75 Å². The number of halogens is 1. The van der Waals surface area contributed by atoms with Crippen LogP contribution in [0.1, 0.15) is 6.42 Å². The second kappa shape index (κ2) is 8.39. The van der Waals surface area contributed by atoms with Crippen LogP contribution in [0, 0.1) is 0 Å². The number of carbonyl (C=O) groups is 1. The van der Waals surface area contributed by atoms with Crippen LogP contribution in [0.2, 0.25) is 0 Å². The molecule has 0 saturated carbocycles. The molecule has 0 heterocycles. The van der Waals surface area contributed by atoms with Gasteiger partial charge in [-0.2, -0.15) is 11.8 Å². The Morgan fingerprint density at radius 3 is 2.67 bits per heavy atom. The largest absolute Gasteiger partial charge is 0.493 e. The molecule has 1 aromatic rings. The first kappa shape index (κ1) is 15.3. The average Bonchev–Trinajstić information content (AvgIpc) is 2.35. The van der Waals surface area contributed by atoms with Gasteiger partial charge in [0, 0.05) is 10.2 Å². The van der Waals surface area contributed by atoms with Gasteiger partial charge in [0.2, 0.25) is 0 Å². The van der Waals surface area contributed by atoms with Crippen molar-refractivity contribution in [2.24, 2.45) is 5.73 Å². The number of hydrogen-bond acceptors (Lipinski definition) is 4. The van der Waals surface area contributed by atoms with E-state index in [1.165, 1.54) is 0 Å². The SMILES string of the molecule is NC(CCSCCOc1ccc(Br)cc1)C(=O)O. The molecule has 1 rings (SSSR count). The molecule has 4 nitrogen and oxygen atoms in total. The molecular formula is C12H16BrNO3S. The minimum Gasteiger partial charge on any atom is -0.493 e. The third-order valence-corrected chi connectivity index (χ3v) is 3.71. The van der Waals surface area contributed by atoms with Gasteiger partial charge in [0.1, 0.15) is 11.8 Å². The van der Waals surface area contributed by atoms with E-state index in [0.29, 0.717) is 13.0 Å². The molecule has 0 aliphatic carbocycles. The maximum Gasteiger partial charge on any atom is 0.320 e. The number of benzene rings is 1. The fourth-order valence-corrected chi connectivity index (χ4v) is 2.28. The number of hydrogen-bond donors (Lipinski definition) is 2. The number of aliphatic carboxylic acids is 1. The van der Waals surface area contributed by atoms with E-state index in [-0.39, 0.29) is 0 Å². The Hall–Kier alpha value is -0.720. The Labute approximate surface area is 119 Å². The highest BCUT2D eigenvalue weighted by Crippen LogP contribution is 2.16. The van der Waals surface area contributed by atoms with Crippen molar-refractivity contribution in [1.29, 1.82) is 0 Å². The van der Waals surface area contributed by atoms with Crippen molar-refractivity contribution in [1.82, 2.24) is 0 Å². The van der Waals surface area contributed by atoms with Crippen molar-refractivity contribution in [3.63, 3.8) is 0 Å². The summed E-state index contributed by atoms with van der Waals surface area (Å²) in [6.07, 6.45) is 0.484. The smallest absolute Gasteiger partial charge is 0.320 e. The molecule has 100 valence electrons. The standard InChI is InChI=1S/C12H16BrNO3S/c13-9-1-3-10(4-2-9)17-6-8-18-7-5-11(14)12(15)16/h1-4,11H,5-8,14H2,(H,15,16). The van der Waals surface area contributed by atoms with Gasteiger partial charge in [-0.15, -0.1) is 0 Å². The van der Waals surface area contributed by atoms with Crippen LogP contribution >= 0.6 is 27.7 Å². The average molecular weight is 334 g/mol. The first-order valence-electron chi connectivity index (χ1n) is 5.54. The van der Waals surface area contributed by atoms with E-state index in [9.17, 15) is 4.79 Å². The summed E-state index contributed by atoms with van der Waals surface area (Å²) in [7, 11) is 0. The fourth-order valence-electron chi connectivity index (χ4n) is 1.19. The van der Waals surface area contributed by atoms with Gasteiger partial charge in [-0.1, -0.05) is 15.9 Å². The topological polar surface area (TPSA) is 72.5 Å². The van der Waals surface area contributed by atoms with E-state index in [0.717, 1.165) is 21.7 Å². The molecule has 1 atom stereocenters. The van der Waals surface area contributed by atoms with Gasteiger partial charge in [-0.25, -0.2) is 0 Å². The molecule has 1 aromatic carbocycles. The number of ether oxygens (including phenoxy) is 1. The van der Waals surface area contributed by atoms with E-state index < -0.39 is 12.0 Å². The molecule has 18 heavy (non-hydrogen) atoms. The summed E-state index contributed by atoms with van der Waals surface area (Å²) < 4.78 is 6.55. The molecule has 0 bridgehead atoms. The predicted molar refractivity (Wildman–Crippen MR) is 77.2 cm³/mol. The van der Waals surface area contributed by atoms with Crippen LogP contribution in [-0.2, 0) is 4.79 Å². The quantitative estimate of drug-likeness (QED) is 0.714. The second-order valence-electron chi connectivity index (χ2n) is 3.65. The molecule has 0 saturated heterocycles. The molecule has 6 heteroatoms. The third-order valence-electron chi connectivity index (χ3n) is 2.20. The molecule has 0 aliphatic heterocycles. The van der Waals surface area contributed by atoms with Crippen molar-refractivity contribution < 1.29 is 14.6 Å². The summed E-state index contributed by atoms with van der Waals surface area (Å²) in [5, 5.41) is 8.59. The molecular weight excluding hydrogens is 318 g/mol. The monoisotopic (exact) mass is 333 g/mol. The van der Waals surface area contributed by atoms with E-state index in [2.05, 4.69) is 15.9 Å². The van der Waals surface area contributed by atoms with E-state index in [1.54, 1.807) is 11.8 Å². The number of nitrogens with two attached hydrogens (primary N) is 1. The van der Waals surface area contributed by atoms with E-state index in [1.807, 2.05) is 24.3 Å². The highest BCUT2D eigenvalue weighted by Gasteiger charge is 2.09. The van der Waals surface area contributed by atoms with Crippen LogP contribution in [-0.4, -0.2) is 35.2 Å².